The summed E-state index contributed by atoms with van der Waals surface area (Å²) in [6.07, 6.45) is 7.08. The topological polar surface area (TPSA) is 64.0 Å². The molecule has 28 heavy (non-hydrogen) atoms. The van der Waals surface area contributed by atoms with Crippen molar-refractivity contribution < 1.29 is 4.74 Å². The number of fused-ring (bicyclic) bond motifs is 3. The summed E-state index contributed by atoms with van der Waals surface area (Å²) in [4.78, 5) is 23.7. The van der Waals surface area contributed by atoms with Crippen LogP contribution in [0, 0.1) is 5.92 Å². The molecule has 6 nitrogen and oxygen atoms in total. The molecule has 3 aromatic heterocycles. The second-order valence-corrected chi connectivity index (χ2v) is 9.54. The van der Waals surface area contributed by atoms with Crippen LogP contribution < -0.4 is 0 Å². The third-order valence-electron chi connectivity index (χ3n) is 5.37. The normalized spacial score (nSPS) is 20.4. The van der Waals surface area contributed by atoms with Crippen LogP contribution in [-0.2, 0) is 24.1 Å². The molecule has 0 spiro atoms. The third-order valence-corrected chi connectivity index (χ3v) is 7.40. The van der Waals surface area contributed by atoms with Crippen molar-refractivity contribution in [3.05, 3.63) is 34.7 Å². The lowest BCUT2D eigenvalue weighted by atomic mass is 9.89. The van der Waals surface area contributed by atoms with E-state index in [0.717, 1.165) is 72.4 Å². The first-order chi connectivity index (χ1) is 13.8. The van der Waals surface area contributed by atoms with Crippen LogP contribution in [0.1, 0.15) is 29.6 Å². The van der Waals surface area contributed by atoms with E-state index in [0.29, 0.717) is 0 Å². The van der Waals surface area contributed by atoms with Crippen LogP contribution in [-0.4, -0.2) is 51.1 Å². The summed E-state index contributed by atoms with van der Waals surface area (Å²) in [7, 11) is 0. The number of morpholine rings is 1. The maximum Gasteiger partial charge on any atom is 0.193 e. The van der Waals surface area contributed by atoms with Gasteiger partial charge in [-0.3, -0.25) is 4.90 Å². The van der Waals surface area contributed by atoms with Gasteiger partial charge in [0.15, 0.2) is 5.16 Å². The highest BCUT2D eigenvalue weighted by Crippen LogP contribution is 2.42. The molecule has 1 aliphatic carbocycles. The van der Waals surface area contributed by atoms with Gasteiger partial charge in [0.05, 0.1) is 19.8 Å². The van der Waals surface area contributed by atoms with Crippen molar-refractivity contribution in [1.29, 1.82) is 0 Å². The van der Waals surface area contributed by atoms with Crippen LogP contribution in [0.5, 0.6) is 0 Å². The lowest BCUT2D eigenvalue weighted by Crippen LogP contribution is -2.36. The summed E-state index contributed by atoms with van der Waals surface area (Å²) in [6.45, 7) is 6.55. The molecule has 5 rings (SSSR count). The molecule has 3 aromatic rings. The van der Waals surface area contributed by atoms with Crippen LogP contribution in [0.2, 0.25) is 0 Å². The second kappa shape index (κ2) is 8.02. The first-order valence-corrected chi connectivity index (χ1v) is 11.5. The third kappa shape index (κ3) is 3.78. The zero-order chi connectivity index (χ0) is 18.9. The summed E-state index contributed by atoms with van der Waals surface area (Å²) < 4.78 is 5.47. The summed E-state index contributed by atoms with van der Waals surface area (Å²) in [5.74, 6) is 1.63. The number of aromatic nitrogens is 4. The molecule has 0 aromatic carbocycles. The largest absolute Gasteiger partial charge is 0.379 e. The minimum Gasteiger partial charge on any atom is -0.379 e. The van der Waals surface area contributed by atoms with E-state index in [9.17, 15) is 0 Å². The fourth-order valence-electron chi connectivity index (χ4n) is 3.88. The van der Waals surface area contributed by atoms with Crippen molar-refractivity contribution >= 4 is 33.3 Å². The van der Waals surface area contributed by atoms with Gasteiger partial charge in [-0.05, 0) is 48.6 Å². The predicted octanol–water partition coefficient (Wildman–Crippen LogP) is 3.59. The summed E-state index contributed by atoms with van der Waals surface area (Å²) in [5, 5.41) is 2.98. The first-order valence-electron chi connectivity index (χ1n) is 9.82. The highest BCUT2D eigenvalue weighted by atomic mass is 32.2. The van der Waals surface area contributed by atoms with E-state index in [4.69, 9.17) is 14.7 Å². The van der Waals surface area contributed by atoms with E-state index in [1.165, 1.54) is 22.2 Å². The van der Waals surface area contributed by atoms with Gasteiger partial charge < -0.3 is 4.74 Å². The SMILES string of the molecule is C[C@@H]1CCc2c(sc3nc(CN4CCOCC4)nc(Sc4ncccn4)c23)C1. The monoisotopic (exact) mass is 413 g/mol. The van der Waals surface area contributed by atoms with E-state index in [1.54, 1.807) is 24.2 Å². The molecule has 1 fully saturated rings. The Morgan fingerprint density at radius 3 is 2.86 bits per heavy atom. The average molecular weight is 414 g/mol. The minimum atomic E-state index is 0.740. The van der Waals surface area contributed by atoms with Gasteiger partial charge in [-0.25, -0.2) is 19.9 Å². The van der Waals surface area contributed by atoms with Crippen LogP contribution in [0.15, 0.2) is 28.6 Å². The number of hydrogen-bond acceptors (Lipinski definition) is 8. The quantitative estimate of drug-likeness (QED) is 0.478. The molecule has 8 heteroatoms. The highest BCUT2D eigenvalue weighted by molar-refractivity contribution is 7.99. The Hall–Kier alpha value is -1.61. The molecule has 4 heterocycles. The first kappa shape index (κ1) is 18.4. The van der Waals surface area contributed by atoms with E-state index in [1.807, 2.05) is 17.4 Å². The number of hydrogen-bond donors (Lipinski definition) is 0. The second-order valence-electron chi connectivity index (χ2n) is 7.50. The van der Waals surface area contributed by atoms with Crippen molar-refractivity contribution in [2.75, 3.05) is 26.3 Å². The maximum absolute atomic E-state index is 5.47. The summed E-state index contributed by atoms with van der Waals surface area (Å²) >= 11 is 3.42. The molecular weight excluding hydrogens is 390 g/mol. The lowest BCUT2D eigenvalue weighted by molar-refractivity contribution is 0.0330. The molecule has 146 valence electrons. The molecule has 2 aliphatic rings. The standard InChI is InChI=1S/C20H23N5OS2/c1-13-3-4-14-15(11-13)27-18-17(14)19(28-20-21-5-2-6-22-20)24-16(23-18)12-25-7-9-26-10-8-25/h2,5-6,13H,3-4,7-12H2,1H3/t13-/m1/s1. The van der Waals surface area contributed by atoms with Gasteiger partial charge >= 0.3 is 0 Å². The van der Waals surface area contributed by atoms with Gasteiger partial charge in [0.25, 0.3) is 0 Å². The molecular formula is C20H23N5OS2. The molecule has 1 aliphatic heterocycles. The number of nitrogens with zero attached hydrogens (tertiary/aromatic N) is 5. The van der Waals surface area contributed by atoms with Crippen molar-refractivity contribution in [1.82, 2.24) is 24.8 Å². The smallest absolute Gasteiger partial charge is 0.193 e. The molecule has 0 unspecified atom stereocenters. The number of thiophene rings is 1. The molecule has 0 N–H and O–H groups in total. The number of rotatable bonds is 4. The Balaban J connectivity index is 1.56. The van der Waals surface area contributed by atoms with Crippen LogP contribution in [0.25, 0.3) is 10.2 Å². The Kier molecular flexibility index (Phi) is 5.28. The Morgan fingerprint density at radius 2 is 2.04 bits per heavy atom. The zero-order valence-corrected chi connectivity index (χ0v) is 17.6. The zero-order valence-electron chi connectivity index (χ0n) is 15.9. The minimum absolute atomic E-state index is 0.740. The van der Waals surface area contributed by atoms with E-state index in [-0.39, 0.29) is 0 Å². The van der Waals surface area contributed by atoms with Crippen molar-refractivity contribution in [2.24, 2.45) is 5.92 Å². The van der Waals surface area contributed by atoms with Crippen LogP contribution in [0.3, 0.4) is 0 Å². The summed E-state index contributed by atoms with van der Waals surface area (Å²) in [5.41, 5.74) is 1.45. The Bertz CT molecular complexity index is 972. The van der Waals surface area contributed by atoms with Gasteiger partial charge in [0.1, 0.15) is 15.7 Å². The molecule has 0 radical (unpaired) electrons. The highest BCUT2D eigenvalue weighted by Gasteiger charge is 2.25. The van der Waals surface area contributed by atoms with Crippen molar-refractivity contribution in [2.45, 2.75) is 42.9 Å². The maximum atomic E-state index is 5.47. The average Bonchev–Trinajstić information content (AvgIpc) is 3.07. The van der Waals surface area contributed by atoms with E-state index in [2.05, 4.69) is 21.8 Å². The van der Waals surface area contributed by atoms with Crippen LogP contribution >= 0.6 is 23.1 Å². The Labute approximate surface area is 172 Å². The predicted molar refractivity (Wildman–Crippen MR) is 111 cm³/mol. The molecule has 0 saturated carbocycles. The molecule has 1 atom stereocenters. The van der Waals surface area contributed by atoms with Gasteiger partial charge in [0.2, 0.25) is 0 Å². The lowest BCUT2D eigenvalue weighted by Gasteiger charge is -2.25. The van der Waals surface area contributed by atoms with E-state index >= 15 is 0 Å². The molecule has 1 saturated heterocycles. The Morgan fingerprint density at radius 1 is 1.21 bits per heavy atom. The number of aryl methyl sites for hydroxylation is 1. The van der Waals surface area contributed by atoms with Gasteiger partial charge in [-0.15, -0.1) is 11.3 Å². The van der Waals surface area contributed by atoms with Gasteiger partial charge in [-0.2, -0.15) is 0 Å². The van der Waals surface area contributed by atoms with Gasteiger partial charge in [-0.1, -0.05) is 6.92 Å². The number of ether oxygens (including phenoxy) is 1. The fourth-order valence-corrected chi connectivity index (χ4v) is 6.22. The van der Waals surface area contributed by atoms with Gasteiger partial charge in [0, 0.05) is 35.7 Å². The molecule has 0 amide bonds. The molecule has 0 bridgehead atoms. The fraction of sp³-hybridized carbons (Fsp3) is 0.500. The van der Waals surface area contributed by atoms with Crippen LogP contribution in [0.4, 0.5) is 0 Å². The summed E-state index contributed by atoms with van der Waals surface area (Å²) in [6, 6.07) is 1.84. The van der Waals surface area contributed by atoms with E-state index < -0.39 is 0 Å². The van der Waals surface area contributed by atoms with Crippen molar-refractivity contribution in [3.63, 3.8) is 0 Å². The van der Waals surface area contributed by atoms with Crippen molar-refractivity contribution in [3.8, 4) is 0 Å².